The van der Waals surface area contributed by atoms with Gasteiger partial charge >= 0.3 is 5.97 Å². The second-order valence-corrected chi connectivity index (χ2v) is 4.55. The molecular formula is C13H17N5O2. The third kappa shape index (κ3) is 2.42. The molecule has 0 spiro atoms. The molecule has 2 aromatic heterocycles. The van der Waals surface area contributed by atoms with E-state index < -0.39 is 5.97 Å². The fourth-order valence-corrected chi connectivity index (χ4v) is 2.05. The lowest BCUT2D eigenvalue weighted by atomic mass is 10.2. The number of aromatic nitrogens is 3. The second-order valence-electron chi connectivity index (χ2n) is 4.55. The van der Waals surface area contributed by atoms with Crippen LogP contribution in [0.25, 0.3) is 0 Å². The number of nitrogens with two attached hydrogens (primary N) is 1. The molecule has 4 N–H and O–H groups in total. The molecular weight excluding hydrogens is 258 g/mol. The number of carbonyl (C=O) groups is 1. The van der Waals surface area contributed by atoms with Gasteiger partial charge in [-0.05, 0) is 19.9 Å². The maximum absolute atomic E-state index is 11.0. The van der Waals surface area contributed by atoms with Gasteiger partial charge in [0.25, 0.3) is 0 Å². The van der Waals surface area contributed by atoms with Crippen LogP contribution in [0.1, 0.15) is 27.3 Å². The van der Waals surface area contributed by atoms with E-state index in [0.29, 0.717) is 12.4 Å². The van der Waals surface area contributed by atoms with Crippen molar-refractivity contribution < 1.29 is 9.90 Å². The maximum Gasteiger partial charge on any atom is 0.337 e. The van der Waals surface area contributed by atoms with Crippen molar-refractivity contribution in [3.05, 3.63) is 34.8 Å². The summed E-state index contributed by atoms with van der Waals surface area (Å²) in [4.78, 5) is 15.1. The highest BCUT2D eigenvalue weighted by Gasteiger charge is 2.14. The number of anilines is 2. The summed E-state index contributed by atoms with van der Waals surface area (Å²) in [7, 11) is 1.88. The average Bonchev–Trinajstić information content (AvgIpc) is 2.62. The Labute approximate surface area is 116 Å². The summed E-state index contributed by atoms with van der Waals surface area (Å²) in [6, 6.07) is 1.38. The van der Waals surface area contributed by atoms with Crippen LogP contribution in [0.3, 0.4) is 0 Å². The molecule has 0 unspecified atom stereocenters. The summed E-state index contributed by atoms with van der Waals surface area (Å²) in [6.45, 7) is 4.39. The SMILES string of the molecule is Cc1nn(C)c(C)c1CNc1nccc(C(=O)O)c1N. The molecule has 0 aromatic carbocycles. The highest BCUT2D eigenvalue weighted by atomic mass is 16.4. The van der Waals surface area contributed by atoms with Crippen LogP contribution in [0.5, 0.6) is 0 Å². The van der Waals surface area contributed by atoms with Gasteiger partial charge in [-0.25, -0.2) is 9.78 Å². The van der Waals surface area contributed by atoms with Gasteiger partial charge in [-0.15, -0.1) is 0 Å². The lowest BCUT2D eigenvalue weighted by Gasteiger charge is -2.10. The molecule has 0 amide bonds. The molecule has 20 heavy (non-hydrogen) atoms. The predicted molar refractivity (Wildman–Crippen MR) is 75.6 cm³/mol. The van der Waals surface area contributed by atoms with Gasteiger partial charge in [0.15, 0.2) is 0 Å². The molecule has 106 valence electrons. The molecule has 0 aliphatic carbocycles. The summed E-state index contributed by atoms with van der Waals surface area (Å²) < 4.78 is 1.80. The quantitative estimate of drug-likeness (QED) is 0.777. The van der Waals surface area contributed by atoms with Gasteiger partial charge in [-0.2, -0.15) is 5.10 Å². The Balaban J connectivity index is 2.23. The Morgan fingerprint density at radius 3 is 2.75 bits per heavy atom. The first-order chi connectivity index (χ1) is 9.41. The molecule has 0 saturated heterocycles. The first-order valence-electron chi connectivity index (χ1n) is 6.12. The highest BCUT2D eigenvalue weighted by molar-refractivity contribution is 5.96. The fourth-order valence-electron chi connectivity index (χ4n) is 2.05. The Kier molecular flexibility index (Phi) is 3.60. The van der Waals surface area contributed by atoms with E-state index >= 15 is 0 Å². The number of pyridine rings is 1. The molecule has 7 heteroatoms. The number of aryl methyl sites for hydroxylation is 2. The lowest BCUT2D eigenvalue weighted by Crippen LogP contribution is -2.10. The van der Waals surface area contributed by atoms with Crippen molar-refractivity contribution in [2.75, 3.05) is 11.1 Å². The van der Waals surface area contributed by atoms with Crippen LogP contribution in [0.2, 0.25) is 0 Å². The minimum absolute atomic E-state index is 0.0436. The van der Waals surface area contributed by atoms with Crippen LogP contribution in [-0.4, -0.2) is 25.8 Å². The van der Waals surface area contributed by atoms with Gasteiger partial charge in [0, 0.05) is 31.0 Å². The van der Waals surface area contributed by atoms with Gasteiger partial charge in [0.2, 0.25) is 0 Å². The molecule has 0 fully saturated rings. The number of aromatic carboxylic acids is 1. The molecule has 0 aliphatic heterocycles. The van der Waals surface area contributed by atoms with Crippen LogP contribution in [0, 0.1) is 13.8 Å². The molecule has 2 rings (SSSR count). The molecule has 2 aromatic rings. The van der Waals surface area contributed by atoms with E-state index in [0.717, 1.165) is 17.0 Å². The summed E-state index contributed by atoms with van der Waals surface area (Å²) >= 11 is 0. The number of hydrogen-bond acceptors (Lipinski definition) is 5. The van der Waals surface area contributed by atoms with E-state index in [1.807, 2.05) is 20.9 Å². The summed E-state index contributed by atoms with van der Waals surface area (Å²) in [5.41, 5.74) is 9.00. The van der Waals surface area contributed by atoms with Crippen molar-refractivity contribution in [1.82, 2.24) is 14.8 Å². The van der Waals surface area contributed by atoms with Crippen molar-refractivity contribution in [3.8, 4) is 0 Å². The van der Waals surface area contributed by atoms with Crippen LogP contribution in [0.4, 0.5) is 11.5 Å². The average molecular weight is 275 g/mol. The van der Waals surface area contributed by atoms with Crippen molar-refractivity contribution in [2.45, 2.75) is 20.4 Å². The molecule has 0 saturated carbocycles. The zero-order chi connectivity index (χ0) is 14.9. The fraction of sp³-hybridized carbons (Fsp3) is 0.308. The van der Waals surface area contributed by atoms with Crippen LogP contribution in [-0.2, 0) is 13.6 Å². The van der Waals surface area contributed by atoms with E-state index in [2.05, 4.69) is 15.4 Å². The van der Waals surface area contributed by atoms with E-state index in [9.17, 15) is 4.79 Å². The number of hydrogen-bond donors (Lipinski definition) is 3. The third-order valence-electron chi connectivity index (χ3n) is 3.31. The standard InChI is InChI=1S/C13H17N5O2/c1-7-10(8(2)18(3)17-7)6-16-12-11(14)9(13(19)20)4-5-15-12/h4-5H,6,14H2,1-3H3,(H,15,16)(H,19,20). The number of nitrogens with one attached hydrogen (secondary N) is 1. The van der Waals surface area contributed by atoms with E-state index in [1.54, 1.807) is 4.68 Å². The number of carboxylic acid groups (broad SMARTS) is 1. The minimum atomic E-state index is -1.07. The third-order valence-corrected chi connectivity index (χ3v) is 3.31. The lowest BCUT2D eigenvalue weighted by molar-refractivity contribution is 0.0698. The topological polar surface area (TPSA) is 106 Å². The van der Waals surface area contributed by atoms with Crippen molar-refractivity contribution in [1.29, 1.82) is 0 Å². The van der Waals surface area contributed by atoms with Crippen molar-refractivity contribution in [2.24, 2.45) is 7.05 Å². The Bertz CT molecular complexity index is 663. The zero-order valence-corrected chi connectivity index (χ0v) is 11.6. The number of nitrogens with zero attached hydrogens (tertiary/aromatic N) is 3. The maximum atomic E-state index is 11.0. The smallest absolute Gasteiger partial charge is 0.337 e. The number of nitrogen functional groups attached to an aromatic ring is 1. The summed E-state index contributed by atoms with van der Waals surface area (Å²) in [5.74, 6) is -0.700. The van der Waals surface area contributed by atoms with Crippen molar-refractivity contribution >= 4 is 17.5 Å². The van der Waals surface area contributed by atoms with Gasteiger partial charge in [-0.3, -0.25) is 4.68 Å². The summed E-state index contributed by atoms with van der Waals surface area (Å²) in [5, 5.41) is 16.4. The first kappa shape index (κ1) is 13.9. The van der Waals surface area contributed by atoms with Crippen LogP contribution < -0.4 is 11.1 Å². The normalized spacial score (nSPS) is 10.6. The van der Waals surface area contributed by atoms with Crippen molar-refractivity contribution in [3.63, 3.8) is 0 Å². The van der Waals surface area contributed by atoms with Crippen LogP contribution in [0.15, 0.2) is 12.3 Å². The highest BCUT2D eigenvalue weighted by Crippen LogP contribution is 2.21. The zero-order valence-electron chi connectivity index (χ0n) is 11.6. The molecule has 7 nitrogen and oxygen atoms in total. The second kappa shape index (κ2) is 5.20. The molecule has 0 atom stereocenters. The Hall–Kier alpha value is -2.57. The molecule has 0 bridgehead atoms. The van der Waals surface area contributed by atoms with Gasteiger partial charge in [0.05, 0.1) is 16.9 Å². The largest absolute Gasteiger partial charge is 0.478 e. The monoisotopic (exact) mass is 275 g/mol. The van der Waals surface area contributed by atoms with E-state index in [4.69, 9.17) is 10.8 Å². The molecule has 0 radical (unpaired) electrons. The molecule has 0 aliphatic rings. The summed E-state index contributed by atoms with van der Waals surface area (Å²) in [6.07, 6.45) is 1.42. The van der Waals surface area contributed by atoms with E-state index in [1.165, 1.54) is 12.3 Å². The van der Waals surface area contributed by atoms with E-state index in [-0.39, 0.29) is 11.3 Å². The predicted octanol–water partition coefficient (Wildman–Crippen LogP) is 1.32. The van der Waals surface area contributed by atoms with Gasteiger partial charge in [-0.1, -0.05) is 0 Å². The molecule has 2 heterocycles. The first-order valence-corrected chi connectivity index (χ1v) is 6.12. The number of rotatable bonds is 4. The van der Waals surface area contributed by atoms with Gasteiger partial charge in [0.1, 0.15) is 5.82 Å². The minimum Gasteiger partial charge on any atom is -0.478 e. The number of carboxylic acids is 1. The Morgan fingerprint density at radius 1 is 1.50 bits per heavy atom. The Morgan fingerprint density at radius 2 is 2.20 bits per heavy atom. The van der Waals surface area contributed by atoms with Crippen LogP contribution >= 0.6 is 0 Å². The van der Waals surface area contributed by atoms with Gasteiger partial charge < -0.3 is 16.2 Å².